The number of rotatable bonds is 11. The molecular formula is C25H25F6N6O3+. The molecule has 0 aliphatic carbocycles. The van der Waals surface area contributed by atoms with Gasteiger partial charge >= 0.3 is 24.4 Å². The van der Waals surface area contributed by atoms with Crippen LogP contribution in [0.2, 0.25) is 0 Å². The van der Waals surface area contributed by atoms with E-state index in [1.54, 1.807) is 0 Å². The molecule has 0 saturated carbocycles. The minimum atomic E-state index is -4.33. The number of H-pyrrole nitrogens is 1. The molecule has 0 bridgehead atoms. The Labute approximate surface area is 223 Å². The molecule has 2 aromatic heterocycles. The predicted molar refractivity (Wildman–Crippen MR) is 127 cm³/mol. The van der Waals surface area contributed by atoms with Crippen LogP contribution in [0.5, 0.6) is 5.75 Å². The van der Waals surface area contributed by atoms with Crippen molar-refractivity contribution in [1.29, 1.82) is 0 Å². The van der Waals surface area contributed by atoms with Gasteiger partial charge in [0.05, 0.1) is 11.7 Å². The van der Waals surface area contributed by atoms with Crippen molar-refractivity contribution in [2.24, 2.45) is 0 Å². The zero-order valence-corrected chi connectivity index (χ0v) is 21.2. The average molecular weight is 572 g/mol. The molecule has 4 aromatic rings. The zero-order valence-electron chi connectivity index (χ0n) is 21.2. The fourth-order valence-corrected chi connectivity index (χ4v) is 4.06. The second-order valence-corrected chi connectivity index (χ2v) is 9.08. The first-order valence-corrected chi connectivity index (χ1v) is 12.0. The quantitative estimate of drug-likeness (QED) is 0.213. The summed E-state index contributed by atoms with van der Waals surface area (Å²) in [6.07, 6.45) is -0.825. The molecule has 0 aliphatic heterocycles. The molecule has 0 radical (unpaired) electrons. The summed E-state index contributed by atoms with van der Waals surface area (Å²) in [5.41, 5.74) is -2.96. The summed E-state index contributed by atoms with van der Waals surface area (Å²) >= 11 is 0. The Balaban J connectivity index is 1.65. The Hall–Kier alpha value is -4.14. The largest absolute Gasteiger partial charge is 0.487 e. The van der Waals surface area contributed by atoms with Crippen LogP contribution in [0.3, 0.4) is 0 Å². The van der Waals surface area contributed by atoms with Gasteiger partial charge in [0.15, 0.2) is 12.2 Å². The van der Waals surface area contributed by atoms with Crippen LogP contribution in [0.4, 0.5) is 26.3 Å². The minimum absolute atomic E-state index is 0.137. The average Bonchev–Trinajstić information content (AvgIpc) is 3.53. The molecule has 2 N–H and O–H groups in total. The predicted octanol–water partition coefficient (Wildman–Crippen LogP) is 3.31. The number of aromatic nitrogens is 6. The number of hydrogen-bond acceptors (Lipinski definition) is 5. The summed E-state index contributed by atoms with van der Waals surface area (Å²) in [5, 5.41) is 18.8. The van der Waals surface area contributed by atoms with E-state index >= 15 is 0 Å². The standard InChI is InChI=1S/C25H24F6N6O3/c1-3-21-32-13-35(34-21)11-24(39,19-9-4-16(26)10-20(19)27)15(2)37-23(38)36(14-33-37)17-5-7-18(8-6-17)40-12-25(30,31)22(28)29/h4-10,13-15,22,39H,3,11-12H2,1-2H3/p+1/t15-,24-/m1/s1. The Kier molecular flexibility index (Phi) is 8.05. The fourth-order valence-electron chi connectivity index (χ4n) is 4.06. The summed E-state index contributed by atoms with van der Waals surface area (Å²) in [6, 6.07) is 6.50. The van der Waals surface area contributed by atoms with E-state index < -0.39 is 47.9 Å². The number of aromatic amines is 1. The lowest BCUT2D eigenvalue weighted by Crippen LogP contribution is -2.52. The van der Waals surface area contributed by atoms with E-state index in [4.69, 9.17) is 4.74 Å². The van der Waals surface area contributed by atoms with Crippen molar-refractivity contribution in [2.75, 3.05) is 6.61 Å². The first kappa shape index (κ1) is 28.9. The fraction of sp³-hybridized carbons (Fsp3) is 0.360. The lowest BCUT2D eigenvalue weighted by Gasteiger charge is -2.32. The molecule has 40 heavy (non-hydrogen) atoms. The molecule has 0 unspecified atom stereocenters. The number of alkyl halides is 4. The van der Waals surface area contributed by atoms with E-state index in [1.165, 1.54) is 42.2 Å². The van der Waals surface area contributed by atoms with Crippen LogP contribution in [-0.2, 0) is 18.6 Å². The normalized spacial score (nSPS) is 14.3. The number of nitrogens with one attached hydrogen (secondary N) is 1. The Morgan fingerprint density at radius 2 is 1.85 bits per heavy atom. The van der Waals surface area contributed by atoms with E-state index in [0.717, 1.165) is 27.7 Å². The van der Waals surface area contributed by atoms with E-state index in [-0.39, 0.29) is 23.5 Å². The summed E-state index contributed by atoms with van der Waals surface area (Å²) in [6.45, 7) is 1.44. The van der Waals surface area contributed by atoms with Crippen molar-refractivity contribution >= 4 is 0 Å². The summed E-state index contributed by atoms with van der Waals surface area (Å²) in [5.74, 6) is -5.78. The van der Waals surface area contributed by atoms with Gasteiger partial charge in [-0.2, -0.15) is 23.7 Å². The van der Waals surface area contributed by atoms with Crippen molar-refractivity contribution in [2.45, 2.75) is 50.8 Å². The molecule has 0 fully saturated rings. The van der Waals surface area contributed by atoms with Crippen molar-refractivity contribution in [3.8, 4) is 11.4 Å². The van der Waals surface area contributed by atoms with Gasteiger partial charge < -0.3 is 9.84 Å². The van der Waals surface area contributed by atoms with E-state index in [2.05, 4.69) is 15.2 Å². The maximum atomic E-state index is 14.9. The third-order valence-electron chi connectivity index (χ3n) is 6.39. The molecule has 9 nitrogen and oxygen atoms in total. The van der Waals surface area contributed by atoms with Gasteiger partial charge in [0.25, 0.3) is 5.82 Å². The van der Waals surface area contributed by atoms with Crippen molar-refractivity contribution < 1.29 is 40.9 Å². The Bertz CT molecular complexity index is 1520. The molecule has 0 amide bonds. The highest BCUT2D eigenvalue weighted by molar-refractivity contribution is 5.37. The third kappa shape index (κ3) is 5.73. The Morgan fingerprint density at radius 1 is 1.15 bits per heavy atom. The SMILES string of the molecule is CCc1nc[n+](C[C@](O)(c2ccc(F)cc2F)[C@@H](C)n2ncn(-c3ccc(OCC(F)(F)C(F)F)cc3)c2=O)[nH]1. The number of hydrogen-bond donors (Lipinski definition) is 2. The van der Waals surface area contributed by atoms with Gasteiger partial charge in [-0.3, -0.25) is 0 Å². The molecule has 0 aliphatic rings. The van der Waals surface area contributed by atoms with Crippen LogP contribution in [0.15, 0.2) is 59.9 Å². The molecule has 0 spiro atoms. The third-order valence-corrected chi connectivity index (χ3v) is 6.39. The molecule has 0 saturated heterocycles. The van der Waals surface area contributed by atoms with Gasteiger partial charge in [-0.25, -0.2) is 31.6 Å². The van der Waals surface area contributed by atoms with Gasteiger partial charge in [-0.1, -0.05) is 13.0 Å². The van der Waals surface area contributed by atoms with Gasteiger partial charge in [0.2, 0.25) is 0 Å². The van der Waals surface area contributed by atoms with Crippen LogP contribution in [0.1, 0.15) is 31.3 Å². The van der Waals surface area contributed by atoms with E-state index in [0.29, 0.717) is 18.3 Å². The lowest BCUT2D eigenvalue weighted by atomic mass is 9.86. The second-order valence-electron chi connectivity index (χ2n) is 9.08. The van der Waals surface area contributed by atoms with Crippen LogP contribution in [0, 0.1) is 11.6 Å². The molecule has 214 valence electrons. The van der Waals surface area contributed by atoms with E-state index in [9.17, 15) is 36.2 Å². The highest BCUT2D eigenvalue weighted by Gasteiger charge is 2.44. The number of nitrogens with zero attached hydrogens (tertiary/aromatic N) is 5. The van der Waals surface area contributed by atoms with Crippen LogP contribution >= 0.6 is 0 Å². The maximum absolute atomic E-state index is 14.9. The molecular weight excluding hydrogens is 546 g/mol. The van der Waals surface area contributed by atoms with Crippen molar-refractivity contribution in [1.82, 2.24) is 24.4 Å². The lowest BCUT2D eigenvalue weighted by molar-refractivity contribution is -0.765. The highest BCUT2D eigenvalue weighted by Crippen LogP contribution is 2.35. The maximum Gasteiger partial charge on any atom is 0.350 e. The summed E-state index contributed by atoms with van der Waals surface area (Å²) < 4.78 is 87.7. The van der Waals surface area contributed by atoms with Gasteiger partial charge in [0, 0.05) is 18.1 Å². The van der Waals surface area contributed by atoms with Gasteiger partial charge in [0.1, 0.15) is 30.3 Å². The highest BCUT2D eigenvalue weighted by atomic mass is 19.3. The number of ether oxygens (including phenoxy) is 1. The smallest absolute Gasteiger partial charge is 0.350 e. The molecule has 15 heteroatoms. The summed E-state index contributed by atoms with van der Waals surface area (Å²) in [4.78, 5) is 17.5. The van der Waals surface area contributed by atoms with Gasteiger partial charge in [-0.05, 0) is 42.2 Å². The number of benzene rings is 2. The minimum Gasteiger partial charge on any atom is -0.487 e. The van der Waals surface area contributed by atoms with Crippen LogP contribution in [0.25, 0.3) is 5.69 Å². The molecule has 2 heterocycles. The van der Waals surface area contributed by atoms with Gasteiger partial charge in [-0.15, -0.1) is 0 Å². The Morgan fingerprint density at radius 3 is 2.45 bits per heavy atom. The number of halogens is 6. The summed E-state index contributed by atoms with van der Waals surface area (Å²) in [7, 11) is 0. The number of aryl methyl sites for hydroxylation is 1. The first-order valence-electron chi connectivity index (χ1n) is 12.0. The first-order chi connectivity index (χ1) is 18.9. The topological polar surface area (TPSA) is 102 Å². The molecule has 4 rings (SSSR count). The van der Waals surface area contributed by atoms with E-state index in [1.807, 2.05) is 6.92 Å². The van der Waals surface area contributed by atoms with Crippen LogP contribution in [-0.4, -0.2) is 48.5 Å². The van der Waals surface area contributed by atoms with Crippen LogP contribution < -0.4 is 15.1 Å². The number of aliphatic hydroxyl groups is 1. The molecule has 2 atom stereocenters. The zero-order chi connectivity index (χ0) is 29.2. The molecule has 2 aromatic carbocycles. The second kappa shape index (κ2) is 11.2. The van der Waals surface area contributed by atoms with Crippen molar-refractivity contribution in [3.63, 3.8) is 0 Å². The monoisotopic (exact) mass is 571 g/mol. The van der Waals surface area contributed by atoms with Crippen molar-refractivity contribution in [3.05, 3.63) is 88.6 Å².